The molecule has 1 amide bonds. The molecule has 0 spiro atoms. The topological polar surface area (TPSA) is 66.6 Å². The van der Waals surface area contributed by atoms with Gasteiger partial charge in [0.25, 0.3) is 0 Å². The molecule has 182 valence electrons. The molecule has 1 aromatic heterocycles. The molecule has 0 saturated carbocycles. The summed E-state index contributed by atoms with van der Waals surface area (Å²) in [5, 5.41) is 17.5. The fourth-order valence-corrected chi connectivity index (χ4v) is 4.57. The Morgan fingerprint density at radius 3 is 1.86 bits per heavy atom. The molecule has 0 unspecified atom stereocenters. The van der Waals surface area contributed by atoms with Crippen LogP contribution < -0.4 is 5.43 Å². The van der Waals surface area contributed by atoms with Crippen LogP contribution >= 0.6 is 0 Å². The maximum Gasteiger partial charge on any atom is 0.241 e. The molecule has 1 heterocycles. The van der Waals surface area contributed by atoms with Crippen molar-refractivity contribution >= 4 is 33.9 Å². The number of carbonyl (C=O) groups is 1. The van der Waals surface area contributed by atoms with E-state index >= 15 is 0 Å². The van der Waals surface area contributed by atoms with E-state index in [-0.39, 0.29) is 16.7 Å². The summed E-state index contributed by atoms with van der Waals surface area (Å²) in [6, 6.07) is 20.4. The van der Waals surface area contributed by atoms with Crippen molar-refractivity contribution in [3.05, 3.63) is 77.4 Å². The van der Waals surface area contributed by atoms with E-state index in [2.05, 4.69) is 80.9 Å². The molecule has 5 nitrogen and oxygen atoms in total. The summed E-state index contributed by atoms with van der Waals surface area (Å²) in [6.45, 7) is 13.0. The normalized spacial score (nSPS) is 12.6. The Hall–Kier alpha value is -3.60. The van der Waals surface area contributed by atoms with Crippen LogP contribution in [0.3, 0.4) is 0 Å². The van der Waals surface area contributed by atoms with Gasteiger partial charge in [0.05, 0.1) is 6.21 Å². The van der Waals surface area contributed by atoms with Crippen LogP contribution in [0.5, 0.6) is 5.75 Å². The number of hydrogen-bond donors (Lipinski definition) is 2. The number of aryl methyl sites for hydroxylation is 1. The average molecular weight is 470 g/mol. The Balaban J connectivity index is 1.51. The predicted octanol–water partition coefficient (Wildman–Crippen LogP) is 6.64. The summed E-state index contributed by atoms with van der Waals surface area (Å²) in [5.41, 5.74) is 7.05. The summed E-state index contributed by atoms with van der Waals surface area (Å²) >= 11 is 0. The Morgan fingerprint density at radius 2 is 1.37 bits per heavy atom. The number of nitrogens with zero attached hydrogens (tertiary/aromatic N) is 2. The second-order valence-electron chi connectivity index (χ2n) is 11.2. The van der Waals surface area contributed by atoms with Crippen LogP contribution in [0.1, 0.15) is 64.7 Å². The van der Waals surface area contributed by atoms with E-state index in [1.165, 1.54) is 10.8 Å². The van der Waals surface area contributed by atoms with E-state index in [1.807, 2.05) is 36.4 Å². The van der Waals surface area contributed by atoms with Crippen LogP contribution in [0.15, 0.2) is 65.8 Å². The van der Waals surface area contributed by atoms with Crippen molar-refractivity contribution in [2.24, 2.45) is 5.10 Å². The number of rotatable bonds is 5. The maximum atomic E-state index is 12.6. The fourth-order valence-electron chi connectivity index (χ4n) is 4.57. The molecular formula is C30H35N3O2. The first-order valence-electron chi connectivity index (χ1n) is 12.1. The zero-order valence-electron chi connectivity index (χ0n) is 21.5. The van der Waals surface area contributed by atoms with Gasteiger partial charge in [-0.15, -0.1) is 0 Å². The number of hydrazone groups is 1. The van der Waals surface area contributed by atoms with Gasteiger partial charge in [0, 0.05) is 45.9 Å². The highest BCUT2D eigenvalue weighted by atomic mass is 16.3. The Kier molecular flexibility index (Phi) is 6.46. The number of carbonyl (C=O) groups excluding carboxylic acids is 1. The average Bonchev–Trinajstić information content (AvgIpc) is 3.11. The third-order valence-electron chi connectivity index (χ3n) is 6.39. The number of amides is 1. The molecule has 4 rings (SSSR count). The maximum absolute atomic E-state index is 12.6. The van der Waals surface area contributed by atoms with Gasteiger partial charge >= 0.3 is 0 Å². The number of fused-ring (bicyclic) bond motifs is 3. The molecule has 0 saturated heterocycles. The molecule has 4 aromatic rings. The van der Waals surface area contributed by atoms with Crippen LogP contribution in [-0.2, 0) is 22.2 Å². The highest BCUT2D eigenvalue weighted by molar-refractivity contribution is 6.08. The van der Waals surface area contributed by atoms with Gasteiger partial charge in [-0.1, -0.05) is 77.9 Å². The molecular weight excluding hydrogens is 434 g/mol. The first-order chi connectivity index (χ1) is 16.5. The van der Waals surface area contributed by atoms with Crippen molar-refractivity contribution in [1.82, 2.24) is 9.99 Å². The monoisotopic (exact) mass is 469 g/mol. The van der Waals surface area contributed by atoms with Gasteiger partial charge in [-0.3, -0.25) is 4.79 Å². The van der Waals surface area contributed by atoms with Gasteiger partial charge in [-0.05, 0) is 40.7 Å². The lowest BCUT2D eigenvalue weighted by Crippen LogP contribution is -2.20. The van der Waals surface area contributed by atoms with Gasteiger partial charge in [0.15, 0.2) is 0 Å². The molecule has 0 fully saturated rings. The van der Waals surface area contributed by atoms with Gasteiger partial charge in [0.1, 0.15) is 5.75 Å². The number of aromatic hydroxyl groups is 1. The molecule has 2 N–H and O–H groups in total. The van der Waals surface area contributed by atoms with Crippen molar-refractivity contribution in [3.63, 3.8) is 0 Å². The minimum absolute atomic E-state index is 0.144. The zero-order chi connectivity index (χ0) is 25.4. The standard InChI is InChI=1S/C30H35N3O2/c1-29(2,3)23-17-20(18-24(28(23)35)30(4,5)6)19-31-32-27(34)15-16-33-25-13-9-7-11-21(25)22-12-8-10-14-26(22)33/h7-14,17-19,35H,15-16H2,1-6H3,(H,32,34)/b31-19-. The minimum atomic E-state index is -0.223. The molecule has 35 heavy (non-hydrogen) atoms. The quantitative estimate of drug-likeness (QED) is 0.254. The van der Waals surface area contributed by atoms with Gasteiger partial charge in [0.2, 0.25) is 5.91 Å². The van der Waals surface area contributed by atoms with Crippen molar-refractivity contribution in [1.29, 1.82) is 0 Å². The number of benzene rings is 3. The Bertz CT molecular complexity index is 1330. The van der Waals surface area contributed by atoms with E-state index in [4.69, 9.17) is 0 Å². The molecule has 0 radical (unpaired) electrons. The summed E-state index contributed by atoms with van der Waals surface area (Å²) in [5.74, 6) is 0.186. The van der Waals surface area contributed by atoms with E-state index in [0.717, 1.165) is 27.7 Å². The molecule has 3 aromatic carbocycles. The smallest absolute Gasteiger partial charge is 0.241 e. The number of hydrogen-bond acceptors (Lipinski definition) is 3. The van der Waals surface area contributed by atoms with E-state index < -0.39 is 0 Å². The van der Waals surface area contributed by atoms with Crippen molar-refractivity contribution in [2.75, 3.05) is 0 Å². The zero-order valence-corrected chi connectivity index (χ0v) is 21.5. The Labute approximate surface area is 207 Å². The molecule has 0 aliphatic carbocycles. The number of para-hydroxylation sites is 2. The van der Waals surface area contributed by atoms with Crippen molar-refractivity contribution < 1.29 is 9.90 Å². The summed E-state index contributed by atoms with van der Waals surface area (Å²) < 4.78 is 2.19. The highest BCUT2D eigenvalue weighted by Gasteiger charge is 2.26. The van der Waals surface area contributed by atoms with Crippen LogP contribution in [-0.4, -0.2) is 21.8 Å². The lowest BCUT2D eigenvalue weighted by molar-refractivity contribution is -0.121. The lowest BCUT2D eigenvalue weighted by Gasteiger charge is -2.27. The lowest BCUT2D eigenvalue weighted by atomic mass is 9.78. The molecule has 0 aliphatic rings. The van der Waals surface area contributed by atoms with Crippen LogP contribution in [0, 0.1) is 0 Å². The number of phenols is 1. The number of phenolic OH excluding ortho intramolecular Hbond substituents is 1. The first kappa shape index (κ1) is 24.5. The third kappa shape index (κ3) is 5.09. The second-order valence-corrected chi connectivity index (χ2v) is 11.2. The second kappa shape index (κ2) is 9.21. The van der Waals surface area contributed by atoms with Gasteiger partial charge in [-0.25, -0.2) is 5.43 Å². The highest BCUT2D eigenvalue weighted by Crippen LogP contribution is 2.39. The number of nitrogens with one attached hydrogen (secondary N) is 1. The van der Waals surface area contributed by atoms with E-state index in [1.54, 1.807) is 6.21 Å². The summed E-state index contributed by atoms with van der Waals surface area (Å²) in [6.07, 6.45) is 1.97. The van der Waals surface area contributed by atoms with Crippen molar-refractivity contribution in [2.45, 2.75) is 65.3 Å². The number of aromatic nitrogens is 1. The van der Waals surface area contributed by atoms with Crippen LogP contribution in [0.2, 0.25) is 0 Å². The van der Waals surface area contributed by atoms with Crippen LogP contribution in [0.25, 0.3) is 21.8 Å². The first-order valence-corrected chi connectivity index (χ1v) is 12.1. The van der Waals surface area contributed by atoms with Crippen LogP contribution in [0.4, 0.5) is 0 Å². The molecule has 0 atom stereocenters. The SMILES string of the molecule is CC(C)(C)c1cc(/C=N\NC(=O)CCn2c3ccccc3c3ccccc32)cc(C(C)(C)C)c1O. The Morgan fingerprint density at radius 1 is 0.886 bits per heavy atom. The minimum Gasteiger partial charge on any atom is -0.507 e. The van der Waals surface area contributed by atoms with Gasteiger partial charge < -0.3 is 9.67 Å². The third-order valence-corrected chi connectivity index (χ3v) is 6.39. The van der Waals surface area contributed by atoms with Gasteiger partial charge in [-0.2, -0.15) is 5.10 Å². The largest absolute Gasteiger partial charge is 0.507 e. The van der Waals surface area contributed by atoms with E-state index in [9.17, 15) is 9.90 Å². The van der Waals surface area contributed by atoms with E-state index in [0.29, 0.717) is 18.7 Å². The molecule has 5 heteroatoms. The molecule has 0 bridgehead atoms. The fraction of sp³-hybridized carbons (Fsp3) is 0.333. The summed E-state index contributed by atoms with van der Waals surface area (Å²) in [4.78, 5) is 12.6. The summed E-state index contributed by atoms with van der Waals surface area (Å²) in [7, 11) is 0. The molecule has 0 aliphatic heterocycles. The van der Waals surface area contributed by atoms with Crippen molar-refractivity contribution in [3.8, 4) is 5.75 Å². The predicted molar refractivity (Wildman–Crippen MR) is 145 cm³/mol.